The van der Waals surface area contributed by atoms with Gasteiger partial charge in [0.2, 0.25) is 0 Å². The van der Waals surface area contributed by atoms with Gasteiger partial charge in [0, 0.05) is 6.04 Å². The van der Waals surface area contributed by atoms with Crippen molar-refractivity contribution in [3.05, 3.63) is 23.8 Å². The molecule has 0 bridgehead atoms. The summed E-state index contributed by atoms with van der Waals surface area (Å²) in [5.74, 6) is 2.30. The van der Waals surface area contributed by atoms with Crippen LogP contribution in [-0.4, -0.2) is 26.8 Å². The van der Waals surface area contributed by atoms with E-state index in [0.717, 1.165) is 24.5 Å². The average Bonchev–Trinajstić information content (AvgIpc) is 2.45. The highest BCUT2D eigenvalue weighted by molar-refractivity contribution is 5.42. The van der Waals surface area contributed by atoms with Crippen LogP contribution in [0.3, 0.4) is 0 Å². The summed E-state index contributed by atoms with van der Waals surface area (Å²) in [6.45, 7) is 7.76. The van der Waals surface area contributed by atoms with E-state index < -0.39 is 0 Å². The van der Waals surface area contributed by atoms with Crippen LogP contribution in [0.2, 0.25) is 0 Å². The molecule has 3 heteroatoms. The molecule has 0 aliphatic rings. The molecular weight excluding hydrogens is 238 g/mol. The first kappa shape index (κ1) is 15.8. The molecule has 0 aromatic heterocycles. The number of benzene rings is 1. The number of rotatable bonds is 8. The Labute approximate surface area is 117 Å². The predicted molar refractivity (Wildman–Crippen MR) is 80.2 cm³/mol. The highest BCUT2D eigenvalue weighted by atomic mass is 16.5. The summed E-state index contributed by atoms with van der Waals surface area (Å²) in [4.78, 5) is 0. The van der Waals surface area contributed by atoms with Crippen molar-refractivity contribution in [1.29, 1.82) is 0 Å². The molecule has 0 saturated carbocycles. The zero-order valence-corrected chi connectivity index (χ0v) is 12.8. The molecule has 19 heavy (non-hydrogen) atoms. The van der Waals surface area contributed by atoms with Crippen molar-refractivity contribution < 1.29 is 9.47 Å². The number of nitrogens with one attached hydrogen (secondary N) is 1. The average molecular weight is 265 g/mol. The van der Waals surface area contributed by atoms with Crippen LogP contribution in [-0.2, 0) is 6.42 Å². The Bertz CT molecular complexity index is 379. The SMILES string of the molecule is CCC(C)C(C)NCCc1ccc(OC)c(OC)c1. The second-order valence-corrected chi connectivity index (χ2v) is 5.07. The van der Waals surface area contributed by atoms with Crippen LogP contribution in [0, 0.1) is 5.92 Å². The Hall–Kier alpha value is -1.22. The van der Waals surface area contributed by atoms with Gasteiger partial charge in [-0.15, -0.1) is 0 Å². The van der Waals surface area contributed by atoms with Crippen molar-refractivity contribution in [2.45, 2.75) is 39.7 Å². The highest BCUT2D eigenvalue weighted by Crippen LogP contribution is 2.27. The fourth-order valence-corrected chi connectivity index (χ4v) is 2.04. The van der Waals surface area contributed by atoms with Crippen LogP contribution in [0.1, 0.15) is 32.8 Å². The largest absolute Gasteiger partial charge is 0.493 e. The van der Waals surface area contributed by atoms with E-state index in [1.54, 1.807) is 14.2 Å². The Morgan fingerprint density at radius 2 is 1.79 bits per heavy atom. The van der Waals surface area contributed by atoms with Gasteiger partial charge in [0.1, 0.15) is 0 Å². The van der Waals surface area contributed by atoms with E-state index in [4.69, 9.17) is 9.47 Å². The Kier molecular flexibility index (Phi) is 6.71. The predicted octanol–water partition coefficient (Wildman–Crippen LogP) is 3.27. The smallest absolute Gasteiger partial charge is 0.160 e. The third-order valence-electron chi connectivity index (χ3n) is 3.83. The summed E-state index contributed by atoms with van der Waals surface area (Å²) in [6, 6.07) is 6.67. The molecule has 1 N–H and O–H groups in total. The van der Waals surface area contributed by atoms with E-state index in [0.29, 0.717) is 12.0 Å². The van der Waals surface area contributed by atoms with Gasteiger partial charge in [-0.05, 0) is 43.5 Å². The van der Waals surface area contributed by atoms with Crippen molar-refractivity contribution in [2.24, 2.45) is 5.92 Å². The first-order valence-electron chi connectivity index (χ1n) is 7.06. The zero-order valence-electron chi connectivity index (χ0n) is 12.8. The molecule has 2 atom stereocenters. The molecule has 0 heterocycles. The summed E-state index contributed by atoms with van der Waals surface area (Å²) in [7, 11) is 3.33. The molecular formula is C16H27NO2. The Morgan fingerprint density at radius 1 is 1.11 bits per heavy atom. The van der Waals surface area contributed by atoms with Gasteiger partial charge >= 0.3 is 0 Å². The summed E-state index contributed by atoms with van der Waals surface area (Å²) >= 11 is 0. The molecule has 0 amide bonds. The summed E-state index contributed by atoms with van der Waals surface area (Å²) in [6.07, 6.45) is 2.21. The molecule has 0 radical (unpaired) electrons. The minimum absolute atomic E-state index is 0.560. The lowest BCUT2D eigenvalue weighted by Gasteiger charge is -2.20. The first-order chi connectivity index (χ1) is 9.12. The zero-order chi connectivity index (χ0) is 14.3. The van der Waals surface area contributed by atoms with Crippen molar-refractivity contribution in [3.63, 3.8) is 0 Å². The van der Waals surface area contributed by atoms with Gasteiger partial charge in [-0.3, -0.25) is 0 Å². The number of hydrogen-bond donors (Lipinski definition) is 1. The lowest BCUT2D eigenvalue weighted by atomic mass is 10.0. The normalized spacial score (nSPS) is 13.9. The molecule has 3 nitrogen and oxygen atoms in total. The second kappa shape index (κ2) is 8.05. The Balaban J connectivity index is 2.50. The van der Waals surface area contributed by atoms with E-state index in [2.05, 4.69) is 38.2 Å². The van der Waals surface area contributed by atoms with Crippen LogP contribution in [0.15, 0.2) is 18.2 Å². The number of ether oxygens (including phenoxy) is 2. The molecule has 0 aliphatic carbocycles. The van der Waals surface area contributed by atoms with Crippen LogP contribution in [0.25, 0.3) is 0 Å². The lowest BCUT2D eigenvalue weighted by Crippen LogP contribution is -2.33. The van der Waals surface area contributed by atoms with Gasteiger partial charge in [-0.1, -0.05) is 26.3 Å². The van der Waals surface area contributed by atoms with E-state index in [1.807, 2.05) is 6.07 Å². The summed E-state index contributed by atoms with van der Waals surface area (Å²) in [5, 5.41) is 3.58. The third kappa shape index (κ3) is 4.75. The maximum Gasteiger partial charge on any atom is 0.160 e. The van der Waals surface area contributed by atoms with Gasteiger partial charge in [0.25, 0.3) is 0 Å². The van der Waals surface area contributed by atoms with Gasteiger partial charge in [0.05, 0.1) is 14.2 Å². The number of methoxy groups -OCH3 is 2. The fourth-order valence-electron chi connectivity index (χ4n) is 2.04. The van der Waals surface area contributed by atoms with Gasteiger partial charge in [-0.25, -0.2) is 0 Å². The number of hydrogen-bond acceptors (Lipinski definition) is 3. The topological polar surface area (TPSA) is 30.5 Å². The Morgan fingerprint density at radius 3 is 2.37 bits per heavy atom. The maximum absolute atomic E-state index is 5.31. The van der Waals surface area contributed by atoms with E-state index >= 15 is 0 Å². The van der Waals surface area contributed by atoms with E-state index in [1.165, 1.54) is 12.0 Å². The van der Waals surface area contributed by atoms with Crippen molar-refractivity contribution >= 4 is 0 Å². The van der Waals surface area contributed by atoms with Gasteiger partial charge in [0.15, 0.2) is 11.5 Å². The quantitative estimate of drug-likeness (QED) is 0.782. The first-order valence-corrected chi connectivity index (χ1v) is 7.06. The van der Waals surface area contributed by atoms with Gasteiger partial charge in [-0.2, -0.15) is 0 Å². The van der Waals surface area contributed by atoms with Gasteiger partial charge < -0.3 is 14.8 Å². The minimum Gasteiger partial charge on any atom is -0.493 e. The third-order valence-corrected chi connectivity index (χ3v) is 3.83. The van der Waals surface area contributed by atoms with Crippen LogP contribution in [0.5, 0.6) is 11.5 Å². The second-order valence-electron chi connectivity index (χ2n) is 5.07. The van der Waals surface area contributed by atoms with Crippen LogP contribution >= 0.6 is 0 Å². The standard InChI is InChI=1S/C16H27NO2/c1-6-12(2)13(3)17-10-9-14-7-8-15(18-4)16(11-14)19-5/h7-8,11-13,17H,6,9-10H2,1-5H3. The molecule has 0 spiro atoms. The molecule has 0 fully saturated rings. The van der Waals surface area contributed by atoms with Crippen LogP contribution in [0.4, 0.5) is 0 Å². The molecule has 2 unspecified atom stereocenters. The maximum atomic E-state index is 5.31. The van der Waals surface area contributed by atoms with Crippen molar-refractivity contribution in [1.82, 2.24) is 5.32 Å². The molecule has 1 aromatic carbocycles. The van der Waals surface area contributed by atoms with E-state index in [-0.39, 0.29) is 0 Å². The molecule has 1 aromatic rings. The van der Waals surface area contributed by atoms with E-state index in [9.17, 15) is 0 Å². The lowest BCUT2D eigenvalue weighted by molar-refractivity contribution is 0.354. The monoisotopic (exact) mass is 265 g/mol. The highest BCUT2D eigenvalue weighted by Gasteiger charge is 2.09. The van der Waals surface area contributed by atoms with Crippen LogP contribution < -0.4 is 14.8 Å². The van der Waals surface area contributed by atoms with Crippen molar-refractivity contribution in [3.8, 4) is 11.5 Å². The molecule has 1 rings (SSSR count). The minimum atomic E-state index is 0.560. The van der Waals surface area contributed by atoms with Crippen molar-refractivity contribution in [2.75, 3.05) is 20.8 Å². The summed E-state index contributed by atoms with van der Waals surface area (Å²) < 4.78 is 10.6. The summed E-state index contributed by atoms with van der Waals surface area (Å²) in [5.41, 5.74) is 1.27. The molecule has 108 valence electrons. The fraction of sp³-hybridized carbons (Fsp3) is 0.625. The molecule has 0 saturated heterocycles. The molecule has 0 aliphatic heterocycles.